The molecule has 90 valence electrons. The summed E-state index contributed by atoms with van der Waals surface area (Å²) in [6, 6.07) is 8.31. The van der Waals surface area contributed by atoms with Crippen molar-refractivity contribution in [1.82, 2.24) is 0 Å². The van der Waals surface area contributed by atoms with Crippen molar-refractivity contribution >= 4 is 38.9 Å². The Morgan fingerprint density at radius 2 is 2.12 bits per heavy atom. The molecule has 0 amide bonds. The van der Waals surface area contributed by atoms with Crippen LogP contribution in [-0.4, -0.2) is 0 Å². The Morgan fingerprint density at radius 1 is 1.35 bits per heavy atom. The Balaban J connectivity index is 2.21. The minimum atomic E-state index is -0.302. The van der Waals surface area contributed by atoms with E-state index in [0.717, 1.165) is 8.66 Å². The maximum Gasteiger partial charge on any atom is 0.127 e. The van der Waals surface area contributed by atoms with E-state index in [2.05, 4.69) is 15.9 Å². The fraction of sp³-hybridized carbons (Fsp3) is 0.167. The van der Waals surface area contributed by atoms with E-state index in [0.29, 0.717) is 17.0 Å². The summed E-state index contributed by atoms with van der Waals surface area (Å²) in [5, 5.41) is 0.427. The summed E-state index contributed by atoms with van der Waals surface area (Å²) in [5.74, 6) is -0.302. The lowest BCUT2D eigenvalue weighted by Gasteiger charge is -2.11. The zero-order valence-electron chi connectivity index (χ0n) is 8.79. The minimum Gasteiger partial charge on any atom is -0.323 e. The van der Waals surface area contributed by atoms with Crippen LogP contribution in [0.2, 0.25) is 5.02 Å². The van der Waals surface area contributed by atoms with E-state index in [1.54, 1.807) is 23.5 Å². The molecule has 0 spiro atoms. The molecule has 0 aliphatic rings. The van der Waals surface area contributed by atoms with E-state index in [1.165, 1.54) is 6.07 Å². The molecule has 0 saturated carbocycles. The van der Waals surface area contributed by atoms with Gasteiger partial charge in [0.05, 0.1) is 3.79 Å². The van der Waals surface area contributed by atoms with E-state index in [1.807, 2.05) is 12.1 Å². The van der Waals surface area contributed by atoms with Crippen molar-refractivity contribution in [3.63, 3.8) is 0 Å². The van der Waals surface area contributed by atoms with E-state index in [-0.39, 0.29) is 11.9 Å². The monoisotopic (exact) mass is 333 g/mol. The third-order valence-corrected chi connectivity index (χ3v) is 4.55. The Morgan fingerprint density at radius 3 is 2.71 bits per heavy atom. The van der Waals surface area contributed by atoms with Gasteiger partial charge in [0.2, 0.25) is 0 Å². The standard InChI is InChI=1S/C12H10BrClFNS/c13-12-5-4-11(17-12)10(16)6-7-8(14)2-1-3-9(7)15/h1-5,10H,6,16H2. The summed E-state index contributed by atoms with van der Waals surface area (Å²) in [5.41, 5.74) is 6.52. The fourth-order valence-electron chi connectivity index (χ4n) is 1.58. The SMILES string of the molecule is NC(Cc1c(F)cccc1Cl)c1ccc(Br)s1. The summed E-state index contributed by atoms with van der Waals surface area (Å²) >= 11 is 10.9. The Labute approximate surface area is 117 Å². The average Bonchev–Trinajstić information content (AvgIpc) is 2.70. The van der Waals surface area contributed by atoms with Gasteiger partial charge in [0.15, 0.2) is 0 Å². The molecule has 0 saturated heterocycles. The van der Waals surface area contributed by atoms with Crippen LogP contribution < -0.4 is 5.73 Å². The molecule has 5 heteroatoms. The quantitative estimate of drug-likeness (QED) is 0.876. The van der Waals surface area contributed by atoms with Crippen LogP contribution in [0, 0.1) is 5.82 Å². The number of nitrogens with two attached hydrogens (primary N) is 1. The maximum atomic E-state index is 13.6. The Hall–Kier alpha value is -0.420. The molecule has 1 aromatic carbocycles. The molecule has 0 fully saturated rings. The van der Waals surface area contributed by atoms with Gasteiger partial charge in [-0.2, -0.15) is 0 Å². The first-order valence-electron chi connectivity index (χ1n) is 5.01. The molecule has 0 bridgehead atoms. The zero-order valence-corrected chi connectivity index (χ0v) is 11.9. The first-order chi connectivity index (χ1) is 8.08. The lowest BCUT2D eigenvalue weighted by Crippen LogP contribution is -2.13. The normalized spacial score (nSPS) is 12.7. The molecule has 2 aromatic rings. The molecule has 2 rings (SSSR count). The fourth-order valence-corrected chi connectivity index (χ4v) is 3.24. The number of rotatable bonds is 3. The maximum absolute atomic E-state index is 13.6. The molecular weight excluding hydrogens is 325 g/mol. The van der Waals surface area contributed by atoms with Gasteiger partial charge in [-0.15, -0.1) is 11.3 Å². The molecule has 0 aliphatic carbocycles. The second kappa shape index (κ2) is 5.48. The highest BCUT2D eigenvalue weighted by Gasteiger charge is 2.14. The molecular formula is C12H10BrClFNS. The van der Waals surface area contributed by atoms with E-state index in [9.17, 15) is 4.39 Å². The van der Waals surface area contributed by atoms with Crippen molar-refractivity contribution in [2.24, 2.45) is 5.73 Å². The van der Waals surface area contributed by atoms with Crippen LogP contribution in [0.15, 0.2) is 34.1 Å². The molecule has 0 radical (unpaired) electrons. The highest BCUT2D eigenvalue weighted by atomic mass is 79.9. The van der Waals surface area contributed by atoms with Gasteiger partial charge in [-0.05, 0) is 46.6 Å². The molecule has 1 nitrogen and oxygen atoms in total. The van der Waals surface area contributed by atoms with E-state index >= 15 is 0 Å². The van der Waals surface area contributed by atoms with Crippen LogP contribution in [0.1, 0.15) is 16.5 Å². The summed E-state index contributed by atoms with van der Waals surface area (Å²) in [4.78, 5) is 1.01. The first-order valence-corrected chi connectivity index (χ1v) is 7.00. The van der Waals surface area contributed by atoms with Crippen LogP contribution in [0.3, 0.4) is 0 Å². The molecule has 1 heterocycles. The van der Waals surface area contributed by atoms with Crippen LogP contribution in [0.4, 0.5) is 4.39 Å². The van der Waals surface area contributed by atoms with Crippen LogP contribution in [0.25, 0.3) is 0 Å². The third-order valence-electron chi connectivity index (χ3n) is 2.45. The number of benzene rings is 1. The smallest absolute Gasteiger partial charge is 0.127 e. The Kier molecular flexibility index (Phi) is 4.20. The van der Waals surface area contributed by atoms with Crippen molar-refractivity contribution in [1.29, 1.82) is 0 Å². The Bertz CT molecular complexity index is 509. The molecule has 17 heavy (non-hydrogen) atoms. The first kappa shape index (κ1) is 13.0. The summed E-state index contributed by atoms with van der Waals surface area (Å²) in [6.07, 6.45) is 0.401. The molecule has 1 aromatic heterocycles. The van der Waals surface area contributed by atoms with Crippen LogP contribution in [0.5, 0.6) is 0 Å². The van der Waals surface area contributed by atoms with Gasteiger partial charge >= 0.3 is 0 Å². The van der Waals surface area contributed by atoms with Gasteiger partial charge in [-0.3, -0.25) is 0 Å². The predicted molar refractivity (Wildman–Crippen MR) is 74.1 cm³/mol. The second-order valence-corrected chi connectivity index (χ2v) is 6.55. The van der Waals surface area contributed by atoms with E-state index in [4.69, 9.17) is 17.3 Å². The number of hydrogen-bond donors (Lipinski definition) is 1. The van der Waals surface area contributed by atoms with Crippen molar-refractivity contribution in [3.8, 4) is 0 Å². The van der Waals surface area contributed by atoms with Gasteiger partial charge in [0.1, 0.15) is 5.82 Å². The zero-order chi connectivity index (χ0) is 12.4. The largest absolute Gasteiger partial charge is 0.323 e. The summed E-state index contributed by atoms with van der Waals surface area (Å²) < 4.78 is 14.6. The molecule has 1 atom stereocenters. The van der Waals surface area contributed by atoms with Crippen molar-refractivity contribution in [3.05, 3.63) is 55.4 Å². The summed E-state index contributed by atoms with van der Waals surface area (Å²) in [7, 11) is 0. The third kappa shape index (κ3) is 3.07. The highest BCUT2D eigenvalue weighted by molar-refractivity contribution is 9.11. The van der Waals surface area contributed by atoms with E-state index < -0.39 is 0 Å². The summed E-state index contributed by atoms with van der Waals surface area (Å²) in [6.45, 7) is 0. The van der Waals surface area contributed by atoms with Gasteiger partial charge in [-0.1, -0.05) is 17.7 Å². The predicted octanol–water partition coefficient (Wildman–Crippen LogP) is 4.55. The topological polar surface area (TPSA) is 26.0 Å². The lowest BCUT2D eigenvalue weighted by atomic mass is 10.0. The van der Waals surface area contributed by atoms with Crippen molar-refractivity contribution in [2.45, 2.75) is 12.5 Å². The van der Waals surface area contributed by atoms with Crippen molar-refractivity contribution in [2.75, 3.05) is 0 Å². The van der Waals surface area contributed by atoms with Crippen molar-refractivity contribution < 1.29 is 4.39 Å². The molecule has 0 aliphatic heterocycles. The van der Waals surface area contributed by atoms with Gasteiger partial charge in [-0.25, -0.2) is 4.39 Å². The lowest BCUT2D eigenvalue weighted by molar-refractivity contribution is 0.595. The molecule has 2 N–H and O–H groups in total. The highest BCUT2D eigenvalue weighted by Crippen LogP contribution is 2.30. The number of hydrogen-bond acceptors (Lipinski definition) is 2. The van der Waals surface area contributed by atoms with Crippen LogP contribution in [-0.2, 0) is 6.42 Å². The minimum absolute atomic E-state index is 0.235. The molecule has 1 unspecified atom stereocenters. The number of thiophene rings is 1. The van der Waals surface area contributed by atoms with Gasteiger partial charge in [0, 0.05) is 21.5 Å². The average molecular weight is 335 g/mol. The second-order valence-electron chi connectivity index (χ2n) is 3.65. The van der Waals surface area contributed by atoms with Gasteiger partial charge in [0.25, 0.3) is 0 Å². The van der Waals surface area contributed by atoms with Crippen LogP contribution >= 0.6 is 38.9 Å². The number of halogens is 3. The van der Waals surface area contributed by atoms with Gasteiger partial charge < -0.3 is 5.73 Å².